The average molecular weight is 333 g/mol. The van der Waals surface area contributed by atoms with Gasteiger partial charge in [-0.25, -0.2) is 8.42 Å². The molecule has 0 spiro atoms. The van der Waals surface area contributed by atoms with Crippen molar-refractivity contribution in [1.82, 2.24) is 4.31 Å². The summed E-state index contributed by atoms with van der Waals surface area (Å²) in [5, 5.41) is 10.7. The normalized spacial score (nSPS) is 18.3. The van der Waals surface area contributed by atoms with Crippen LogP contribution in [0.2, 0.25) is 5.02 Å². The lowest BCUT2D eigenvalue weighted by atomic mass is 10.0. The smallest absolute Gasteiger partial charge is 0.243 e. The van der Waals surface area contributed by atoms with Crippen LogP contribution in [0.4, 0.5) is 5.69 Å². The van der Waals surface area contributed by atoms with E-state index in [1.165, 1.54) is 23.5 Å². The lowest BCUT2D eigenvalue weighted by molar-refractivity contribution is 0.0333. The van der Waals surface area contributed by atoms with Crippen molar-refractivity contribution < 1.29 is 13.5 Å². The topological polar surface area (TPSA) is 83.6 Å². The number of aryl methyl sites for hydroxylation is 1. The summed E-state index contributed by atoms with van der Waals surface area (Å²) in [6.07, 6.45) is 3.12. The second-order valence-corrected chi connectivity index (χ2v) is 8.26. The van der Waals surface area contributed by atoms with Crippen LogP contribution in [-0.4, -0.2) is 37.0 Å². The Morgan fingerprint density at radius 2 is 1.95 bits per heavy atom. The van der Waals surface area contributed by atoms with E-state index in [0.717, 1.165) is 12.8 Å². The Balaban J connectivity index is 2.29. The Bertz CT molecular complexity index is 617. The summed E-state index contributed by atoms with van der Waals surface area (Å²) in [6, 6.07) is 2.86. The molecular weight excluding hydrogens is 312 g/mol. The van der Waals surface area contributed by atoms with Crippen molar-refractivity contribution in [3.05, 3.63) is 22.7 Å². The highest BCUT2D eigenvalue weighted by Crippen LogP contribution is 2.32. The van der Waals surface area contributed by atoms with Gasteiger partial charge >= 0.3 is 0 Å². The maximum absolute atomic E-state index is 12.6. The Morgan fingerprint density at radius 1 is 1.38 bits per heavy atom. The van der Waals surface area contributed by atoms with Gasteiger partial charge in [0.05, 0.1) is 21.2 Å². The van der Waals surface area contributed by atoms with Crippen LogP contribution in [0.15, 0.2) is 17.0 Å². The van der Waals surface area contributed by atoms with E-state index >= 15 is 0 Å². The number of halogens is 1. The number of likely N-dealkylation sites (N-methyl/N-ethyl adjacent to an activating group) is 1. The number of nitrogens with zero attached hydrogens (tertiary/aromatic N) is 1. The minimum absolute atomic E-state index is 0.0942. The summed E-state index contributed by atoms with van der Waals surface area (Å²) >= 11 is 5.97. The largest absolute Gasteiger partial charge is 0.397 e. The second-order valence-electron chi connectivity index (χ2n) is 5.84. The molecule has 0 atom stereocenters. The molecule has 0 bridgehead atoms. The molecule has 0 radical (unpaired) electrons. The Hall–Kier alpha value is -0.820. The van der Waals surface area contributed by atoms with Gasteiger partial charge in [-0.15, -0.1) is 0 Å². The highest BCUT2D eigenvalue weighted by atomic mass is 35.5. The first kappa shape index (κ1) is 16.5. The van der Waals surface area contributed by atoms with Crippen molar-refractivity contribution in [3.8, 4) is 0 Å². The monoisotopic (exact) mass is 332 g/mol. The van der Waals surface area contributed by atoms with Crippen LogP contribution in [-0.2, 0) is 10.0 Å². The first-order valence-corrected chi connectivity index (χ1v) is 8.72. The van der Waals surface area contributed by atoms with Crippen LogP contribution in [0.1, 0.15) is 31.2 Å². The van der Waals surface area contributed by atoms with Gasteiger partial charge in [-0.2, -0.15) is 4.31 Å². The van der Waals surface area contributed by atoms with Crippen molar-refractivity contribution in [2.45, 2.75) is 43.1 Å². The molecule has 1 aliphatic carbocycles. The molecule has 1 aromatic rings. The van der Waals surface area contributed by atoms with Crippen LogP contribution in [0.3, 0.4) is 0 Å². The lowest BCUT2D eigenvalue weighted by Gasteiger charge is -2.28. The minimum Gasteiger partial charge on any atom is -0.397 e. The van der Waals surface area contributed by atoms with Gasteiger partial charge in [0, 0.05) is 13.6 Å². The van der Waals surface area contributed by atoms with Crippen molar-refractivity contribution >= 4 is 27.3 Å². The Labute approximate surface area is 130 Å². The first-order valence-electron chi connectivity index (χ1n) is 6.90. The predicted octanol–water partition coefficient (Wildman–Crippen LogP) is 2.16. The van der Waals surface area contributed by atoms with Gasteiger partial charge in [0.25, 0.3) is 0 Å². The molecule has 3 N–H and O–H groups in total. The number of nitrogen functional groups attached to an aromatic ring is 1. The van der Waals surface area contributed by atoms with E-state index in [-0.39, 0.29) is 17.1 Å². The standard InChI is InChI=1S/C14H21ClN2O3S/c1-10-7-11(8-12(16)13(10)15)21(19,20)17(2)9-14(18)5-3-4-6-14/h7-8,18H,3-6,9,16H2,1-2H3. The second kappa shape index (κ2) is 5.76. The van der Waals surface area contributed by atoms with E-state index in [0.29, 0.717) is 23.4 Å². The van der Waals surface area contributed by atoms with Gasteiger partial charge in [-0.1, -0.05) is 24.4 Å². The third kappa shape index (κ3) is 3.34. The molecule has 1 aromatic carbocycles. The molecule has 0 amide bonds. The van der Waals surface area contributed by atoms with E-state index in [9.17, 15) is 13.5 Å². The van der Waals surface area contributed by atoms with Crippen LogP contribution in [0.25, 0.3) is 0 Å². The summed E-state index contributed by atoms with van der Waals surface area (Å²) < 4.78 is 26.4. The fourth-order valence-electron chi connectivity index (χ4n) is 2.78. The first-order chi connectivity index (χ1) is 9.66. The van der Waals surface area contributed by atoms with E-state index in [4.69, 9.17) is 17.3 Å². The number of aliphatic hydroxyl groups is 1. The molecule has 118 valence electrons. The number of anilines is 1. The van der Waals surface area contributed by atoms with Crippen LogP contribution >= 0.6 is 11.6 Å². The van der Waals surface area contributed by atoms with Crippen molar-refractivity contribution in [2.75, 3.05) is 19.3 Å². The molecule has 1 aliphatic rings. The summed E-state index contributed by atoms with van der Waals surface area (Å²) in [5.41, 5.74) is 5.67. The highest BCUT2D eigenvalue weighted by Gasteiger charge is 2.36. The van der Waals surface area contributed by atoms with Crippen LogP contribution < -0.4 is 5.73 Å². The van der Waals surface area contributed by atoms with Crippen molar-refractivity contribution in [1.29, 1.82) is 0 Å². The minimum atomic E-state index is -3.69. The number of hydrogen-bond donors (Lipinski definition) is 2. The maximum Gasteiger partial charge on any atom is 0.243 e. The fraction of sp³-hybridized carbons (Fsp3) is 0.571. The molecule has 5 nitrogen and oxygen atoms in total. The molecule has 1 fully saturated rings. The molecule has 0 aliphatic heterocycles. The number of benzene rings is 1. The number of hydrogen-bond acceptors (Lipinski definition) is 4. The van der Waals surface area contributed by atoms with Gasteiger partial charge in [0.15, 0.2) is 0 Å². The zero-order valence-electron chi connectivity index (χ0n) is 12.3. The zero-order chi connectivity index (χ0) is 15.8. The van der Waals surface area contributed by atoms with Crippen LogP contribution in [0, 0.1) is 6.92 Å². The lowest BCUT2D eigenvalue weighted by Crippen LogP contribution is -2.42. The van der Waals surface area contributed by atoms with Crippen LogP contribution in [0.5, 0.6) is 0 Å². The van der Waals surface area contributed by atoms with Gasteiger partial charge in [0.2, 0.25) is 10.0 Å². The Morgan fingerprint density at radius 3 is 2.48 bits per heavy atom. The molecule has 2 rings (SSSR count). The summed E-state index contributed by atoms with van der Waals surface area (Å²) in [6.45, 7) is 1.80. The molecule has 21 heavy (non-hydrogen) atoms. The predicted molar refractivity (Wildman–Crippen MR) is 83.8 cm³/mol. The zero-order valence-corrected chi connectivity index (χ0v) is 13.8. The molecule has 0 aromatic heterocycles. The summed E-state index contributed by atoms with van der Waals surface area (Å²) in [4.78, 5) is 0.103. The molecule has 0 heterocycles. The van der Waals surface area contributed by atoms with Gasteiger partial charge in [0.1, 0.15) is 0 Å². The van der Waals surface area contributed by atoms with Crippen molar-refractivity contribution in [3.63, 3.8) is 0 Å². The number of rotatable bonds is 4. The van der Waals surface area contributed by atoms with Gasteiger partial charge in [-0.05, 0) is 37.5 Å². The molecule has 0 unspecified atom stereocenters. The molecular formula is C14H21ClN2O3S. The third-order valence-electron chi connectivity index (χ3n) is 4.02. The average Bonchev–Trinajstić information content (AvgIpc) is 2.81. The van der Waals surface area contributed by atoms with Gasteiger partial charge < -0.3 is 10.8 Å². The van der Waals surface area contributed by atoms with Crippen molar-refractivity contribution in [2.24, 2.45) is 0 Å². The van der Waals surface area contributed by atoms with Gasteiger partial charge in [-0.3, -0.25) is 0 Å². The summed E-state index contributed by atoms with van der Waals surface area (Å²) in [7, 11) is -2.21. The third-order valence-corrected chi connectivity index (χ3v) is 6.31. The molecule has 0 saturated heterocycles. The fourth-order valence-corrected chi connectivity index (χ4v) is 4.26. The number of sulfonamides is 1. The Kier molecular flexibility index (Phi) is 4.54. The highest BCUT2D eigenvalue weighted by molar-refractivity contribution is 7.89. The molecule has 1 saturated carbocycles. The van der Waals surface area contributed by atoms with E-state index < -0.39 is 15.6 Å². The van der Waals surface area contributed by atoms with E-state index in [2.05, 4.69) is 0 Å². The molecule has 7 heteroatoms. The maximum atomic E-state index is 12.6. The number of nitrogens with two attached hydrogens (primary N) is 1. The van der Waals surface area contributed by atoms with E-state index in [1.54, 1.807) is 6.92 Å². The van der Waals surface area contributed by atoms with E-state index in [1.807, 2.05) is 0 Å². The quantitative estimate of drug-likeness (QED) is 0.827. The summed E-state index contributed by atoms with van der Waals surface area (Å²) in [5.74, 6) is 0. The SMILES string of the molecule is Cc1cc(S(=O)(=O)N(C)CC2(O)CCCC2)cc(N)c1Cl.